The average molecular weight is 445 g/mol. The SMILES string of the molecule is CCOc1ccc(N(CCC#N)C(=O)c2cc3c(C)nn(Cc4ccccc4)c3s2)cc1. The van der Waals surface area contributed by atoms with Gasteiger partial charge < -0.3 is 9.64 Å². The number of nitriles is 1. The Bertz CT molecular complexity index is 1250. The Labute approximate surface area is 191 Å². The van der Waals surface area contributed by atoms with E-state index in [1.54, 1.807) is 4.90 Å². The van der Waals surface area contributed by atoms with E-state index in [4.69, 9.17) is 10.00 Å². The van der Waals surface area contributed by atoms with Crippen molar-refractivity contribution < 1.29 is 9.53 Å². The van der Waals surface area contributed by atoms with Crippen molar-refractivity contribution >= 4 is 33.1 Å². The second kappa shape index (κ2) is 9.67. The number of benzene rings is 2. The van der Waals surface area contributed by atoms with Crippen LogP contribution >= 0.6 is 11.3 Å². The first-order valence-corrected chi connectivity index (χ1v) is 11.3. The van der Waals surface area contributed by atoms with Gasteiger partial charge in [0.1, 0.15) is 10.6 Å². The summed E-state index contributed by atoms with van der Waals surface area (Å²) in [5.74, 6) is 0.638. The zero-order chi connectivity index (χ0) is 22.5. The Hall–Kier alpha value is -3.63. The Morgan fingerprint density at radius 2 is 1.94 bits per heavy atom. The highest BCUT2D eigenvalue weighted by Gasteiger charge is 2.22. The maximum atomic E-state index is 13.5. The Balaban J connectivity index is 1.65. The molecule has 0 saturated heterocycles. The van der Waals surface area contributed by atoms with E-state index < -0.39 is 0 Å². The topological polar surface area (TPSA) is 71.2 Å². The average Bonchev–Trinajstić information content (AvgIpc) is 3.37. The number of aryl methyl sites for hydroxylation is 1. The summed E-state index contributed by atoms with van der Waals surface area (Å²) in [6, 6.07) is 21.6. The molecule has 0 aliphatic carbocycles. The third-order valence-electron chi connectivity index (χ3n) is 5.15. The number of rotatable bonds is 8. The lowest BCUT2D eigenvalue weighted by Crippen LogP contribution is -2.31. The molecule has 0 aliphatic heterocycles. The van der Waals surface area contributed by atoms with Crippen LogP contribution in [0.2, 0.25) is 0 Å². The normalized spacial score (nSPS) is 10.8. The summed E-state index contributed by atoms with van der Waals surface area (Å²) in [5, 5.41) is 14.8. The largest absolute Gasteiger partial charge is 0.494 e. The van der Waals surface area contributed by atoms with Crippen LogP contribution in [-0.4, -0.2) is 28.8 Å². The van der Waals surface area contributed by atoms with Crippen molar-refractivity contribution in [2.24, 2.45) is 0 Å². The lowest BCUT2D eigenvalue weighted by atomic mass is 10.2. The summed E-state index contributed by atoms with van der Waals surface area (Å²) in [4.78, 5) is 16.7. The first kappa shape index (κ1) is 21.6. The standard InChI is InChI=1S/C25H24N4O2S/c1-3-31-21-12-10-20(11-13-21)28(15-7-14-26)24(30)23-16-22-18(2)27-29(25(22)32-23)17-19-8-5-4-6-9-19/h4-6,8-13,16H,3,7,15,17H2,1-2H3. The number of amides is 1. The van der Waals surface area contributed by atoms with E-state index >= 15 is 0 Å². The quantitative estimate of drug-likeness (QED) is 0.364. The van der Waals surface area contributed by atoms with Crippen LogP contribution in [0.5, 0.6) is 5.75 Å². The second-order valence-corrected chi connectivity index (χ2v) is 8.38. The Morgan fingerprint density at radius 1 is 1.19 bits per heavy atom. The molecular weight excluding hydrogens is 420 g/mol. The summed E-state index contributed by atoms with van der Waals surface area (Å²) in [6.45, 7) is 5.45. The zero-order valence-corrected chi connectivity index (χ0v) is 18.9. The number of carbonyl (C=O) groups is 1. The van der Waals surface area contributed by atoms with Gasteiger partial charge in [0, 0.05) is 17.6 Å². The van der Waals surface area contributed by atoms with Gasteiger partial charge in [0.05, 0.1) is 36.2 Å². The van der Waals surface area contributed by atoms with Crippen LogP contribution in [0.3, 0.4) is 0 Å². The number of carbonyl (C=O) groups excluding carboxylic acids is 1. The van der Waals surface area contributed by atoms with Gasteiger partial charge in [-0.25, -0.2) is 0 Å². The minimum Gasteiger partial charge on any atom is -0.494 e. The minimum atomic E-state index is -0.115. The highest BCUT2D eigenvalue weighted by atomic mass is 32.1. The molecule has 0 unspecified atom stereocenters. The first-order chi connectivity index (χ1) is 15.6. The summed E-state index contributed by atoms with van der Waals surface area (Å²) in [7, 11) is 0. The summed E-state index contributed by atoms with van der Waals surface area (Å²) < 4.78 is 7.46. The van der Waals surface area contributed by atoms with E-state index in [1.165, 1.54) is 11.3 Å². The number of anilines is 1. The third kappa shape index (κ3) is 4.51. The molecule has 7 heteroatoms. The fourth-order valence-electron chi connectivity index (χ4n) is 3.61. The number of thiophene rings is 1. The molecule has 0 spiro atoms. The molecule has 0 fully saturated rings. The van der Waals surface area contributed by atoms with Crippen LogP contribution < -0.4 is 9.64 Å². The molecule has 0 aliphatic rings. The number of fused-ring (bicyclic) bond motifs is 1. The fourth-order valence-corrected chi connectivity index (χ4v) is 4.72. The van der Waals surface area contributed by atoms with Gasteiger partial charge in [-0.3, -0.25) is 9.48 Å². The molecule has 1 amide bonds. The van der Waals surface area contributed by atoms with E-state index in [0.717, 1.165) is 32.9 Å². The Morgan fingerprint density at radius 3 is 2.62 bits per heavy atom. The van der Waals surface area contributed by atoms with Gasteiger partial charge in [0.25, 0.3) is 5.91 Å². The van der Waals surface area contributed by atoms with Crippen LogP contribution in [-0.2, 0) is 6.54 Å². The van der Waals surface area contributed by atoms with Crippen LogP contribution in [0.15, 0.2) is 60.7 Å². The van der Waals surface area contributed by atoms with Gasteiger partial charge in [0.2, 0.25) is 0 Å². The lowest BCUT2D eigenvalue weighted by Gasteiger charge is -2.21. The predicted octanol–water partition coefficient (Wildman–Crippen LogP) is 5.41. The molecule has 0 radical (unpaired) electrons. The number of nitrogens with zero attached hydrogens (tertiary/aromatic N) is 4. The van der Waals surface area contributed by atoms with Gasteiger partial charge in [-0.2, -0.15) is 10.4 Å². The van der Waals surface area contributed by atoms with Crippen LogP contribution in [0.25, 0.3) is 10.2 Å². The molecule has 162 valence electrons. The zero-order valence-electron chi connectivity index (χ0n) is 18.1. The fraction of sp³-hybridized carbons (Fsp3) is 0.240. The van der Waals surface area contributed by atoms with Crippen molar-refractivity contribution in [1.29, 1.82) is 5.26 Å². The van der Waals surface area contributed by atoms with Crippen LogP contribution in [0.1, 0.15) is 34.3 Å². The van der Waals surface area contributed by atoms with Gasteiger partial charge in [-0.15, -0.1) is 11.3 Å². The van der Waals surface area contributed by atoms with Gasteiger partial charge in [-0.05, 0) is 49.7 Å². The molecule has 32 heavy (non-hydrogen) atoms. The third-order valence-corrected chi connectivity index (χ3v) is 6.28. The molecule has 2 heterocycles. The van der Waals surface area contributed by atoms with Crippen LogP contribution in [0.4, 0.5) is 5.69 Å². The van der Waals surface area contributed by atoms with Crippen molar-refractivity contribution in [3.05, 3.63) is 76.8 Å². The molecule has 0 N–H and O–H groups in total. The maximum absolute atomic E-state index is 13.5. The van der Waals surface area contributed by atoms with Crippen molar-refractivity contribution in [2.45, 2.75) is 26.8 Å². The van der Waals surface area contributed by atoms with Crippen molar-refractivity contribution in [2.75, 3.05) is 18.1 Å². The second-order valence-electron chi connectivity index (χ2n) is 7.35. The van der Waals surface area contributed by atoms with E-state index in [-0.39, 0.29) is 12.3 Å². The van der Waals surface area contributed by atoms with Gasteiger partial charge >= 0.3 is 0 Å². The number of hydrogen-bond donors (Lipinski definition) is 0. The van der Waals surface area contributed by atoms with Gasteiger partial charge in [-0.1, -0.05) is 30.3 Å². The smallest absolute Gasteiger partial charge is 0.268 e. The van der Waals surface area contributed by atoms with Crippen molar-refractivity contribution in [3.8, 4) is 11.8 Å². The summed E-state index contributed by atoms with van der Waals surface area (Å²) >= 11 is 1.44. The molecular formula is C25H24N4O2S. The molecule has 2 aromatic heterocycles. The molecule has 0 atom stereocenters. The monoisotopic (exact) mass is 444 g/mol. The highest BCUT2D eigenvalue weighted by molar-refractivity contribution is 7.20. The molecule has 0 bridgehead atoms. The number of hydrogen-bond acceptors (Lipinski definition) is 5. The minimum absolute atomic E-state index is 0.115. The molecule has 4 aromatic rings. The predicted molar refractivity (Wildman–Crippen MR) is 127 cm³/mol. The van der Waals surface area contributed by atoms with Gasteiger partial charge in [0.15, 0.2) is 0 Å². The van der Waals surface area contributed by atoms with E-state index in [9.17, 15) is 4.79 Å². The van der Waals surface area contributed by atoms with Crippen molar-refractivity contribution in [1.82, 2.24) is 9.78 Å². The Kier molecular flexibility index (Phi) is 6.52. The molecule has 2 aromatic carbocycles. The summed E-state index contributed by atoms with van der Waals surface area (Å²) in [6.07, 6.45) is 0.255. The number of ether oxygens (including phenoxy) is 1. The lowest BCUT2D eigenvalue weighted by molar-refractivity contribution is 0.0991. The van der Waals surface area contributed by atoms with E-state index in [0.29, 0.717) is 24.6 Å². The maximum Gasteiger partial charge on any atom is 0.268 e. The van der Waals surface area contributed by atoms with Crippen molar-refractivity contribution in [3.63, 3.8) is 0 Å². The van der Waals surface area contributed by atoms with E-state index in [2.05, 4.69) is 23.3 Å². The van der Waals surface area contributed by atoms with E-state index in [1.807, 2.05) is 67.1 Å². The first-order valence-electron chi connectivity index (χ1n) is 10.5. The summed E-state index contributed by atoms with van der Waals surface area (Å²) in [5.41, 5.74) is 2.80. The molecule has 4 rings (SSSR count). The molecule has 0 saturated carbocycles. The highest BCUT2D eigenvalue weighted by Crippen LogP contribution is 2.31. The van der Waals surface area contributed by atoms with Crippen LogP contribution in [0, 0.1) is 18.3 Å². The number of aromatic nitrogens is 2. The molecule has 6 nitrogen and oxygen atoms in total.